The summed E-state index contributed by atoms with van der Waals surface area (Å²) in [4.78, 5) is 52.0. The van der Waals surface area contributed by atoms with Gasteiger partial charge in [0, 0.05) is 13.0 Å². The van der Waals surface area contributed by atoms with E-state index in [1.54, 1.807) is 31.7 Å². The monoisotopic (exact) mass is 502 g/mol. The highest BCUT2D eigenvalue weighted by Gasteiger charge is 2.32. The fraction of sp³-hybridized carbons (Fsp3) is 0.615. The number of fused-ring (bicyclic) bond motifs is 1. The van der Waals surface area contributed by atoms with Gasteiger partial charge in [-0.05, 0) is 84.9 Å². The third kappa shape index (κ3) is 6.67. The van der Waals surface area contributed by atoms with E-state index >= 15 is 0 Å². The van der Waals surface area contributed by atoms with Crippen LogP contribution in [-0.4, -0.2) is 50.4 Å². The van der Waals surface area contributed by atoms with Crippen LogP contribution < -0.4 is 11.3 Å². The molecule has 2 heterocycles. The van der Waals surface area contributed by atoms with E-state index in [0.29, 0.717) is 17.4 Å². The number of ether oxygens (including phenoxy) is 2. The molecular weight excluding hydrogens is 464 g/mol. The van der Waals surface area contributed by atoms with Crippen LogP contribution in [0.3, 0.4) is 0 Å². The van der Waals surface area contributed by atoms with Crippen molar-refractivity contribution in [3.8, 4) is 0 Å². The van der Waals surface area contributed by atoms with E-state index in [1.165, 1.54) is 4.68 Å². The van der Waals surface area contributed by atoms with E-state index in [4.69, 9.17) is 15.2 Å². The Bertz CT molecular complexity index is 1180. The number of hydrogen-bond donors (Lipinski definition) is 2. The van der Waals surface area contributed by atoms with Gasteiger partial charge < -0.3 is 20.1 Å². The molecule has 36 heavy (non-hydrogen) atoms. The molecule has 0 bridgehead atoms. The Hall–Kier alpha value is -3.30. The molecule has 1 aromatic carbocycles. The first kappa shape index (κ1) is 27.3. The maximum absolute atomic E-state index is 13.1. The minimum Gasteiger partial charge on any atom is -0.460 e. The molecule has 198 valence electrons. The summed E-state index contributed by atoms with van der Waals surface area (Å²) < 4.78 is 12.1. The molecule has 2 aromatic rings. The van der Waals surface area contributed by atoms with Gasteiger partial charge in [0.15, 0.2) is 0 Å². The molecule has 10 heteroatoms. The first-order valence-electron chi connectivity index (χ1n) is 12.4. The zero-order valence-corrected chi connectivity index (χ0v) is 22.1. The summed E-state index contributed by atoms with van der Waals surface area (Å²) in [6, 6.07) is 4.12. The number of hydrogen-bond acceptors (Lipinski definition) is 6. The Kier molecular flexibility index (Phi) is 7.85. The molecule has 1 fully saturated rings. The van der Waals surface area contributed by atoms with Crippen LogP contribution in [0.15, 0.2) is 23.0 Å². The molecule has 2 atom stereocenters. The van der Waals surface area contributed by atoms with Crippen LogP contribution in [0, 0.1) is 0 Å². The molecule has 1 aromatic heterocycles. The predicted molar refractivity (Wildman–Crippen MR) is 135 cm³/mol. The van der Waals surface area contributed by atoms with Gasteiger partial charge in [0.05, 0.1) is 16.9 Å². The van der Waals surface area contributed by atoms with E-state index in [9.17, 15) is 19.2 Å². The van der Waals surface area contributed by atoms with Crippen molar-refractivity contribution >= 4 is 28.9 Å². The Morgan fingerprint density at radius 3 is 2.36 bits per heavy atom. The van der Waals surface area contributed by atoms with Crippen molar-refractivity contribution in [1.29, 1.82) is 0 Å². The number of aromatic nitrogens is 2. The lowest BCUT2D eigenvalue weighted by Gasteiger charge is -2.37. The minimum absolute atomic E-state index is 0.0267. The maximum Gasteiger partial charge on any atom is 0.410 e. The quantitative estimate of drug-likeness (QED) is 0.574. The number of nitrogens with zero attached hydrogens (tertiary/aromatic N) is 2. The molecule has 2 unspecified atom stereocenters. The highest BCUT2D eigenvalue weighted by Crippen LogP contribution is 2.33. The molecule has 0 spiro atoms. The lowest BCUT2D eigenvalue weighted by atomic mass is 9.95. The lowest BCUT2D eigenvalue weighted by molar-refractivity contribution is -0.155. The fourth-order valence-electron chi connectivity index (χ4n) is 4.44. The van der Waals surface area contributed by atoms with Crippen molar-refractivity contribution in [2.75, 3.05) is 6.54 Å². The number of amides is 2. The van der Waals surface area contributed by atoms with Crippen LogP contribution in [0.4, 0.5) is 4.79 Å². The number of aromatic amines is 1. The number of esters is 1. The fourth-order valence-corrected chi connectivity index (χ4v) is 4.44. The van der Waals surface area contributed by atoms with Gasteiger partial charge in [0.2, 0.25) is 5.91 Å². The molecule has 1 saturated heterocycles. The predicted octanol–water partition coefficient (Wildman–Crippen LogP) is 3.94. The summed E-state index contributed by atoms with van der Waals surface area (Å²) >= 11 is 0. The number of benzene rings is 1. The van der Waals surface area contributed by atoms with Gasteiger partial charge >= 0.3 is 12.1 Å². The zero-order chi connectivity index (χ0) is 26.8. The molecule has 0 saturated carbocycles. The largest absolute Gasteiger partial charge is 0.460 e. The van der Waals surface area contributed by atoms with Crippen molar-refractivity contribution in [3.05, 3.63) is 34.1 Å². The number of nitrogens with one attached hydrogen (secondary N) is 1. The van der Waals surface area contributed by atoms with Gasteiger partial charge in [-0.2, -0.15) is 0 Å². The summed E-state index contributed by atoms with van der Waals surface area (Å²) in [7, 11) is 0. The van der Waals surface area contributed by atoms with Crippen LogP contribution in [0.1, 0.15) is 91.3 Å². The van der Waals surface area contributed by atoms with Gasteiger partial charge in [-0.1, -0.05) is 6.07 Å². The second-order valence-electron chi connectivity index (χ2n) is 11.3. The summed E-state index contributed by atoms with van der Waals surface area (Å²) in [6.45, 7) is 11.4. The average Bonchev–Trinajstić information content (AvgIpc) is 3.07. The van der Waals surface area contributed by atoms with Crippen molar-refractivity contribution in [1.82, 2.24) is 14.7 Å². The number of H-pyrrole nitrogens is 1. The number of nitrogens with two attached hydrogens (primary N) is 1. The number of rotatable bonds is 6. The number of piperidine rings is 1. The topological polar surface area (TPSA) is 137 Å². The normalized spacial score (nSPS) is 17.6. The van der Waals surface area contributed by atoms with Crippen LogP contribution in [0.5, 0.6) is 0 Å². The summed E-state index contributed by atoms with van der Waals surface area (Å²) in [5, 5.41) is 3.39. The number of carbonyl (C=O) groups is 3. The van der Waals surface area contributed by atoms with Crippen LogP contribution in [-0.2, 0) is 19.1 Å². The average molecular weight is 503 g/mol. The van der Waals surface area contributed by atoms with Crippen molar-refractivity contribution in [2.45, 2.75) is 96.9 Å². The summed E-state index contributed by atoms with van der Waals surface area (Å²) in [5.41, 5.74) is 5.32. The molecule has 0 radical (unpaired) electrons. The van der Waals surface area contributed by atoms with Crippen molar-refractivity contribution in [3.63, 3.8) is 0 Å². The summed E-state index contributed by atoms with van der Waals surface area (Å²) in [5.74, 6) is -1.20. The van der Waals surface area contributed by atoms with Gasteiger partial charge in [-0.3, -0.25) is 19.5 Å². The van der Waals surface area contributed by atoms with E-state index < -0.39 is 34.7 Å². The second kappa shape index (κ2) is 10.4. The SMILES string of the molecule is CC(C)(C)OC(=O)CCC(C(N)=O)n1[nH]c2cc(C3CCCCN3C(=O)OC(C)(C)C)ccc2c1=O. The molecule has 1 aliphatic heterocycles. The Labute approximate surface area is 211 Å². The first-order valence-corrected chi connectivity index (χ1v) is 12.4. The third-order valence-electron chi connectivity index (χ3n) is 5.93. The molecule has 10 nitrogen and oxygen atoms in total. The Morgan fingerprint density at radius 1 is 1.08 bits per heavy atom. The van der Waals surface area contributed by atoms with Gasteiger partial charge in [0.1, 0.15) is 17.2 Å². The first-order chi connectivity index (χ1) is 16.7. The molecule has 0 aliphatic carbocycles. The summed E-state index contributed by atoms with van der Waals surface area (Å²) in [6.07, 6.45) is 2.23. The van der Waals surface area contributed by atoms with Crippen molar-refractivity contribution in [2.24, 2.45) is 5.73 Å². The lowest BCUT2D eigenvalue weighted by Crippen LogP contribution is -2.41. The van der Waals surface area contributed by atoms with Crippen molar-refractivity contribution < 1.29 is 23.9 Å². The van der Waals surface area contributed by atoms with E-state index in [2.05, 4.69) is 5.10 Å². The van der Waals surface area contributed by atoms with E-state index in [1.807, 2.05) is 32.9 Å². The smallest absolute Gasteiger partial charge is 0.410 e. The highest BCUT2D eigenvalue weighted by atomic mass is 16.6. The van der Waals surface area contributed by atoms with E-state index in [0.717, 1.165) is 24.8 Å². The Morgan fingerprint density at radius 2 is 1.75 bits per heavy atom. The van der Waals surface area contributed by atoms with E-state index in [-0.39, 0.29) is 25.0 Å². The van der Waals surface area contributed by atoms with Gasteiger partial charge in [0.25, 0.3) is 5.56 Å². The second-order valence-corrected chi connectivity index (χ2v) is 11.3. The number of likely N-dealkylation sites (tertiary alicyclic amines) is 1. The molecule has 3 N–H and O–H groups in total. The third-order valence-corrected chi connectivity index (χ3v) is 5.93. The minimum atomic E-state index is -1.03. The molecular formula is C26H38N4O6. The van der Waals surface area contributed by atoms with Crippen LogP contribution in [0.2, 0.25) is 0 Å². The zero-order valence-electron chi connectivity index (χ0n) is 22.1. The van der Waals surface area contributed by atoms with Gasteiger partial charge in [-0.25, -0.2) is 9.48 Å². The van der Waals surface area contributed by atoms with Crippen LogP contribution >= 0.6 is 0 Å². The Balaban J connectivity index is 1.88. The maximum atomic E-state index is 13.1. The standard InChI is InChI=1S/C26H38N4O6/c1-25(2,3)35-21(31)13-12-20(22(27)32)30-23(33)17-11-10-16(15-18(17)28-30)19-9-7-8-14-29(19)24(34)36-26(4,5)6/h10-11,15,19-20,28H,7-9,12-14H2,1-6H3,(H2,27,32). The molecule has 1 aliphatic rings. The number of primary amides is 1. The van der Waals surface area contributed by atoms with Gasteiger partial charge in [-0.15, -0.1) is 0 Å². The number of carbonyl (C=O) groups excluding carboxylic acids is 3. The molecule has 2 amide bonds. The van der Waals surface area contributed by atoms with Crippen LogP contribution in [0.25, 0.3) is 10.9 Å². The highest BCUT2D eigenvalue weighted by molar-refractivity contribution is 5.82. The molecule has 3 rings (SSSR count).